The number of nitrogens with two attached hydrogens (primary N) is 1. The number of carbonyl (C=O) groups excluding carboxylic acids is 1. The molecule has 2 aromatic rings. The molecule has 6 heteroatoms. The predicted octanol–water partition coefficient (Wildman–Crippen LogP) is 3.84. The van der Waals surface area contributed by atoms with Gasteiger partial charge in [-0.2, -0.15) is 0 Å². The number of nitrogens with zero attached hydrogens (tertiary/aromatic N) is 1. The van der Waals surface area contributed by atoms with Gasteiger partial charge in [0.15, 0.2) is 0 Å². The highest BCUT2D eigenvalue weighted by atomic mass is 35.5. The summed E-state index contributed by atoms with van der Waals surface area (Å²) in [6.45, 7) is 2.10. The third kappa shape index (κ3) is 4.20. The number of anilines is 2. The lowest BCUT2D eigenvalue weighted by molar-refractivity contribution is 0.0679. The summed E-state index contributed by atoms with van der Waals surface area (Å²) >= 11 is 0. The second-order valence-electron chi connectivity index (χ2n) is 6.88. The monoisotopic (exact) mass is 388 g/mol. The molecule has 1 unspecified atom stereocenters. The lowest BCUT2D eigenvalue weighted by Gasteiger charge is -2.30. The van der Waals surface area contributed by atoms with E-state index in [0.29, 0.717) is 18.7 Å². The maximum absolute atomic E-state index is 13.0. The molecule has 144 valence electrons. The minimum absolute atomic E-state index is 0. The van der Waals surface area contributed by atoms with E-state index in [1.54, 1.807) is 0 Å². The minimum atomic E-state index is 0. The molecular formula is C21H25ClN2O3. The number of rotatable bonds is 4. The Morgan fingerprint density at radius 3 is 2.74 bits per heavy atom. The van der Waals surface area contributed by atoms with Crippen LogP contribution in [0.4, 0.5) is 11.4 Å². The standard InChI is InChI=1S/C21H24N2O3.ClH/c22-19-6-1-7-20-18(19)5-2-12-23(20)21(24)15-8-10-16(11-9-15)26-14-17-4-3-13-25-17;/h1,6-11,17H,2-5,12-14,22H2;1H. The summed E-state index contributed by atoms with van der Waals surface area (Å²) in [5.74, 6) is 0.766. The third-order valence-corrected chi connectivity index (χ3v) is 5.09. The van der Waals surface area contributed by atoms with Crippen molar-refractivity contribution in [2.75, 3.05) is 30.4 Å². The van der Waals surface area contributed by atoms with E-state index in [-0.39, 0.29) is 24.4 Å². The minimum Gasteiger partial charge on any atom is -0.491 e. The second kappa shape index (κ2) is 8.63. The maximum atomic E-state index is 13.0. The van der Waals surface area contributed by atoms with Crippen molar-refractivity contribution in [1.29, 1.82) is 0 Å². The largest absolute Gasteiger partial charge is 0.491 e. The van der Waals surface area contributed by atoms with Gasteiger partial charge in [-0.15, -0.1) is 12.4 Å². The molecule has 1 amide bonds. The molecule has 1 saturated heterocycles. The van der Waals surface area contributed by atoms with Gasteiger partial charge in [0, 0.05) is 30.1 Å². The molecule has 2 N–H and O–H groups in total. The molecule has 2 aliphatic heterocycles. The number of hydrogen-bond donors (Lipinski definition) is 1. The summed E-state index contributed by atoms with van der Waals surface area (Å²) in [7, 11) is 0. The van der Waals surface area contributed by atoms with Crippen molar-refractivity contribution in [3.8, 4) is 5.75 Å². The van der Waals surface area contributed by atoms with Crippen molar-refractivity contribution >= 4 is 29.7 Å². The molecule has 1 fully saturated rings. The van der Waals surface area contributed by atoms with Crippen LogP contribution in [0.15, 0.2) is 42.5 Å². The Kier molecular flexibility index (Phi) is 6.24. The van der Waals surface area contributed by atoms with Gasteiger partial charge in [0.1, 0.15) is 12.4 Å². The van der Waals surface area contributed by atoms with Crippen LogP contribution >= 0.6 is 12.4 Å². The molecule has 1 atom stereocenters. The van der Waals surface area contributed by atoms with Crippen molar-refractivity contribution in [1.82, 2.24) is 0 Å². The van der Waals surface area contributed by atoms with Crippen LogP contribution in [-0.2, 0) is 11.2 Å². The first-order valence-electron chi connectivity index (χ1n) is 9.26. The molecule has 0 saturated carbocycles. The fourth-order valence-corrected chi connectivity index (χ4v) is 3.68. The molecule has 0 spiro atoms. The molecule has 0 bridgehead atoms. The number of hydrogen-bond acceptors (Lipinski definition) is 4. The van der Waals surface area contributed by atoms with Gasteiger partial charge in [-0.3, -0.25) is 4.79 Å². The Labute approximate surface area is 165 Å². The Bertz CT molecular complexity index is 789. The lowest BCUT2D eigenvalue weighted by Crippen LogP contribution is -2.35. The fraction of sp³-hybridized carbons (Fsp3) is 0.381. The SMILES string of the molecule is Cl.Nc1cccc2c1CCCN2C(=O)c1ccc(OCC2CCCO2)cc1. The van der Waals surface area contributed by atoms with Crippen molar-refractivity contribution in [3.05, 3.63) is 53.6 Å². The molecule has 0 aromatic heterocycles. The number of halogens is 1. The molecule has 0 aliphatic carbocycles. The molecule has 2 aliphatic rings. The van der Waals surface area contributed by atoms with E-state index in [0.717, 1.165) is 55.0 Å². The van der Waals surface area contributed by atoms with E-state index in [4.69, 9.17) is 15.2 Å². The van der Waals surface area contributed by atoms with Crippen LogP contribution in [0.5, 0.6) is 5.75 Å². The summed E-state index contributed by atoms with van der Waals surface area (Å²) in [6, 6.07) is 13.1. The van der Waals surface area contributed by atoms with E-state index in [1.807, 2.05) is 47.4 Å². The van der Waals surface area contributed by atoms with Gasteiger partial charge in [0.25, 0.3) is 5.91 Å². The summed E-state index contributed by atoms with van der Waals surface area (Å²) < 4.78 is 11.3. The molecule has 2 heterocycles. The van der Waals surface area contributed by atoms with Gasteiger partial charge in [0.2, 0.25) is 0 Å². The molecular weight excluding hydrogens is 364 g/mol. The maximum Gasteiger partial charge on any atom is 0.258 e. The fourth-order valence-electron chi connectivity index (χ4n) is 3.68. The van der Waals surface area contributed by atoms with Gasteiger partial charge in [0.05, 0.1) is 6.10 Å². The van der Waals surface area contributed by atoms with Gasteiger partial charge >= 0.3 is 0 Å². The Morgan fingerprint density at radius 1 is 1.19 bits per heavy atom. The van der Waals surface area contributed by atoms with Crippen LogP contribution in [0.3, 0.4) is 0 Å². The normalized spacial score (nSPS) is 18.5. The molecule has 27 heavy (non-hydrogen) atoms. The first kappa shape index (κ1) is 19.5. The average molecular weight is 389 g/mol. The van der Waals surface area contributed by atoms with Crippen LogP contribution in [-0.4, -0.2) is 31.8 Å². The van der Waals surface area contributed by atoms with E-state index < -0.39 is 0 Å². The molecule has 0 radical (unpaired) electrons. The number of benzene rings is 2. The lowest BCUT2D eigenvalue weighted by atomic mass is 9.99. The van der Waals surface area contributed by atoms with Crippen LogP contribution < -0.4 is 15.4 Å². The van der Waals surface area contributed by atoms with Gasteiger partial charge < -0.3 is 20.1 Å². The zero-order chi connectivity index (χ0) is 17.9. The highest BCUT2D eigenvalue weighted by Gasteiger charge is 2.24. The van der Waals surface area contributed by atoms with E-state index in [2.05, 4.69) is 0 Å². The summed E-state index contributed by atoms with van der Waals surface area (Å²) in [6.07, 6.45) is 4.18. The van der Waals surface area contributed by atoms with Crippen molar-refractivity contribution in [3.63, 3.8) is 0 Å². The Balaban J connectivity index is 0.00000210. The van der Waals surface area contributed by atoms with E-state index in [1.165, 1.54) is 0 Å². The summed E-state index contributed by atoms with van der Waals surface area (Å²) in [4.78, 5) is 14.8. The zero-order valence-corrected chi connectivity index (χ0v) is 16.0. The van der Waals surface area contributed by atoms with Crippen molar-refractivity contribution in [2.45, 2.75) is 31.8 Å². The van der Waals surface area contributed by atoms with E-state index in [9.17, 15) is 4.79 Å². The van der Waals surface area contributed by atoms with Crippen molar-refractivity contribution in [2.24, 2.45) is 0 Å². The number of amides is 1. The quantitative estimate of drug-likeness (QED) is 0.808. The highest BCUT2D eigenvalue weighted by Crippen LogP contribution is 2.32. The zero-order valence-electron chi connectivity index (χ0n) is 15.2. The summed E-state index contributed by atoms with van der Waals surface area (Å²) in [5, 5.41) is 0. The topological polar surface area (TPSA) is 64.8 Å². The Hall–Kier alpha value is -2.24. The molecule has 4 rings (SSSR count). The van der Waals surface area contributed by atoms with Crippen molar-refractivity contribution < 1.29 is 14.3 Å². The van der Waals surface area contributed by atoms with Crippen LogP contribution in [0.2, 0.25) is 0 Å². The van der Waals surface area contributed by atoms with Crippen LogP contribution in [0.25, 0.3) is 0 Å². The first-order chi connectivity index (χ1) is 12.7. The van der Waals surface area contributed by atoms with E-state index >= 15 is 0 Å². The number of carbonyl (C=O) groups is 1. The second-order valence-corrected chi connectivity index (χ2v) is 6.88. The number of nitrogen functional groups attached to an aromatic ring is 1. The van der Waals surface area contributed by atoms with Crippen LogP contribution in [0, 0.1) is 0 Å². The number of ether oxygens (including phenoxy) is 2. The smallest absolute Gasteiger partial charge is 0.258 e. The van der Waals surface area contributed by atoms with Gasteiger partial charge in [-0.05, 0) is 67.6 Å². The van der Waals surface area contributed by atoms with Crippen LogP contribution in [0.1, 0.15) is 35.2 Å². The van der Waals surface area contributed by atoms with Gasteiger partial charge in [-0.25, -0.2) is 0 Å². The predicted molar refractivity (Wildman–Crippen MR) is 109 cm³/mol. The number of fused-ring (bicyclic) bond motifs is 1. The first-order valence-corrected chi connectivity index (χ1v) is 9.26. The Morgan fingerprint density at radius 2 is 2.00 bits per heavy atom. The molecule has 2 aromatic carbocycles. The summed E-state index contributed by atoms with van der Waals surface area (Å²) in [5.41, 5.74) is 9.50. The van der Waals surface area contributed by atoms with Gasteiger partial charge in [-0.1, -0.05) is 6.07 Å². The third-order valence-electron chi connectivity index (χ3n) is 5.09. The molecule has 5 nitrogen and oxygen atoms in total. The highest BCUT2D eigenvalue weighted by molar-refractivity contribution is 6.07. The average Bonchev–Trinajstić information content (AvgIpc) is 3.20.